The van der Waals surface area contributed by atoms with Crippen molar-refractivity contribution in [3.8, 4) is 0 Å². The first-order valence-corrected chi connectivity index (χ1v) is 7.72. The summed E-state index contributed by atoms with van der Waals surface area (Å²) in [5, 5.41) is 3.37. The lowest BCUT2D eigenvalue weighted by atomic mass is 10.2. The molecular weight excluding hydrogens is 282 g/mol. The minimum atomic E-state index is 0.949. The highest BCUT2D eigenvalue weighted by Gasteiger charge is 2.03. The fourth-order valence-electron chi connectivity index (χ4n) is 2.48. The van der Waals surface area contributed by atoms with Crippen LogP contribution < -0.4 is 5.32 Å². The molecule has 0 aliphatic carbocycles. The van der Waals surface area contributed by atoms with Crippen LogP contribution in [-0.4, -0.2) is 10.8 Å². The normalized spacial score (nSPS) is 11.1. The van der Waals surface area contributed by atoms with Gasteiger partial charge in [-0.3, -0.25) is 4.99 Å². The molecule has 3 nitrogen and oxygen atoms in total. The van der Waals surface area contributed by atoms with E-state index in [0.717, 1.165) is 22.6 Å². The van der Waals surface area contributed by atoms with E-state index in [4.69, 9.17) is 0 Å². The van der Waals surface area contributed by atoms with E-state index in [0.29, 0.717) is 0 Å². The lowest BCUT2D eigenvalue weighted by Gasteiger charge is -2.06. The van der Waals surface area contributed by atoms with E-state index in [-0.39, 0.29) is 0 Å². The topological polar surface area (TPSA) is 29.3 Å². The van der Waals surface area contributed by atoms with Crippen molar-refractivity contribution < 1.29 is 0 Å². The highest BCUT2D eigenvalue weighted by molar-refractivity contribution is 5.84. The summed E-state index contributed by atoms with van der Waals surface area (Å²) in [4.78, 5) is 4.57. The predicted octanol–water partition coefficient (Wildman–Crippen LogP) is 5.14. The van der Waals surface area contributed by atoms with Crippen molar-refractivity contribution in [2.24, 2.45) is 12.0 Å². The summed E-state index contributed by atoms with van der Waals surface area (Å²) in [6, 6.07) is 20.4. The van der Waals surface area contributed by atoms with E-state index in [9.17, 15) is 0 Å². The second kappa shape index (κ2) is 6.53. The average Bonchev–Trinajstić information content (AvgIpc) is 2.82. The minimum Gasteiger partial charge on any atom is -0.356 e. The summed E-state index contributed by atoms with van der Waals surface area (Å²) in [5.41, 5.74) is 6.72. The lowest BCUT2D eigenvalue weighted by Crippen LogP contribution is -1.93. The quantitative estimate of drug-likeness (QED) is 0.665. The molecule has 3 heteroatoms. The number of aliphatic imine (C=N–C) groups is 1. The van der Waals surface area contributed by atoms with Crippen LogP contribution in [0.2, 0.25) is 0 Å². The predicted molar refractivity (Wildman–Crippen MR) is 98.3 cm³/mol. The third kappa shape index (κ3) is 3.51. The van der Waals surface area contributed by atoms with Crippen LogP contribution in [0.4, 0.5) is 17.1 Å². The van der Waals surface area contributed by atoms with Gasteiger partial charge in [-0.15, -0.1) is 0 Å². The largest absolute Gasteiger partial charge is 0.356 e. The molecule has 0 fully saturated rings. The Hall–Kier alpha value is -2.81. The van der Waals surface area contributed by atoms with Gasteiger partial charge in [-0.25, -0.2) is 0 Å². The van der Waals surface area contributed by atoms with E-state index >= 15 is 0 Å². The molecule has 0 saturated heterocycles. The zero-order valence-corrected chi connectivity index (χ0v) is 13.7. The van der Waals surface area contributed by atoms with Gasteiger partial charge >= 0.3 is 0 Å². The van der Waals surface area contributed by atoms with Gasteiger partial charge in [-0.05, 0) is 56.3 Å². The molecule has 1 N–H and O–H groups in total. The Morgan fingerprint density at radius 1 is 0.913 bits per heavy atom. The van der Waals surface area contributed by atoms with Gasteiger partial charge in [0, 0.05) is 41.6 Å². The number of aryl methyl sites for hydroxylation is 1. The summed E-state index contributed by atoms with van der Waals surface area (Å²) in [6.45, 7) is 4.22. The second-order valence-electron chi connectivity index (χ2n) is 5.68. The molecule has 0 spiro atoms. The molecule has 116 valence electrons. The summed E-state index contributed by atoms with van der Waals surface area (Å²) in [5.74, 6) is 0. The zero-order chi connectivity index (χ0) is 16.2. The number of rotatable bonds is 4. The molecular formula is C20H21N3. The Kier molecular flexibility index (Phi) is 4.29. The van der Waals surface area contributed by atoms with Crippen LogP contribution in [-0.2, 0) is 7.05 Å². The van der Waals surface area contributed by atoms with Gasteiger partial charge in [0.1, 0.15) is 0 Å². The van der Waals surface area contributed by atoms with E-state index in [1.165, 1.54) is 11.4 Å². The van der Waals surface area contributed by atoms with Crippen LogP contribution in [0.15, 0.2) is 65.7 Å². The molecule has 3 aromatic rings. The highest BCUT2D eigenvalue weighted by atomic mass is 14.9. The number of hydrogen-bond donors (Lipinski definition) is 1. The number of benzene rings is 2. The first kappa shape index (κ1) is 15.1. The van der Waals surface area contributed by atoms with Crippen LogP contribution in [0.25, 0.3) is 0 Å². The van der Waals surface area contributed by atoms with Gasteiger partial charge in [-0.1, -0.05) is 18.2 Å². The Labute approximate surface area is 137 Å². The number of nitrogens with one attached hydrogen (secondary N) is 1. The minimum absolute atomic E-state index is 0.949. The van der Waals surface area contributed by atoms with Crippen molar-refractivity contribution in [3.63, 3.8) is 0 Å². The maximum Gasteiger partial charge on any atom is 0.0631 e. The van der Waals surface area contributed by atoms with Crippen molar-refractivity contribution in [2.45, 2.75) is 13.8 Å². The van der Waals surface area contributed by atoms with Gasteiger partial charge in [0.25, 0.3) is 0 Å². The molecule has 0 amide bonds. The van der Waals surface area contributed by atoms with Crippen molar-refractivity contribution >= 4 is 23.3 Å². The molecule has 0 atom stereocenters. The van der Waals surface area contributed by atoms with Crippen molar-refractivity contribution in [1.29, 1.82) is 0 Å². The molecule has 0 unspecified atom stereocenters. The maximum atomic E-state index is 4.57. The van der Waals surface area contributed by atoms with Gasteiger partial charge in [0.2, 0.25) is 0 Å². The van der Waals surface area contributed by atoms with Crippen LogP contribution in [0.3, 0.4) is 0 Å². The second-order valence-corrected chi connectivity index (χ2v) is 5.68. The van der Waals surface area contributed by atoms with Crippen molar-refractivity contribution in [2.75, 3.05) is 5.32 Å². The summed E-state index contributed by atoms with van der Waals surface area (Å²) in [6.07, 6.45) is 1.93. The number of aromatic nitrogens is 1. The summed E-state index contributed by atoms with van der Waals surface area (Å²) in [7, 11) is 2.08. The number of hydrogen-bond acceptors (Lipinski definition) is 2. The van der Waals surface area contributed by atoms with Crippen molar-refractivity contribution in [1.82, 2.24) is 4.57 Å². The molecule has 0 radical (unpaired) electrons. The average molecular weight is 303 g/mol. The fraction of sp³-hybridized carbons (Fsp3) is 0.150. The van der Waals surface area contributed by atoms with Crippen molar-refractivity contribution in [3.05, 3.63) is 77.6 Å². The van der Waals surface area contributed by atoms with E-state index in [1.807, 2.05) is 60.8 Å². The van der Waals surface area contributed by atoms with Crippen LogP contribution in [0, 0.1) is 13.8 Å². The number of anilines is 2. The molecule has 0 aliphatic rings. The number of nitrogens with zero attached hydrogens (tertiary/aromatic N) is 2. The molecule has 0 bridgehead atoms. The maximum absolute atomic E-state index is 4.57. The standard InChI is InChI=1S/C20H21N3/c1-15-13-17(16(2)23(15)3)14-21-18-9-11-20(12-10-18)22-19-7-5-4-6-8-19/h4-14,22H,1-3H3. The monoisotopic (exact) mass is 303 g/mol. The molecule has 1 aromatic heterocycles. The smallest absolute Gasteiger partial charge is 0.0631 e. The third-order valence-corrected chi connectivity index (χ3v) is 4.10. The highest BCUT2D eigenvalue weighted by Crippen LogP contribution is 2.20. The SMILES string of the molecule is Cc1cc(C=Nc2ccc(Nc3ccccc3)cc2)c(C)n1C. The number of para-hydroxylation sites is 1. The summed E-state index contributed by atoms with van der Waals surface area (Å²) < 4.78 is 2.17. The van der Waals surface area contributed by atoms with E-state index < -0.39 is 0 Å². The molecule has 0 saturated carbocycles. The Morgan fingerprint density at radius 2 is 1.57 bits per heavy atom. The van der Waals surface area contributed by atoms with Crippen LogP contribution in [0.5, 0.6) is 0 Å². The zero-order valence-electron chi connectivity index (χ0n) is 13.7. The van der Waals surface area contributed by atoms with Gasteiger partial charge in [0.15, 0.2) is 0 Å². The lowest BCUT2D eigenvalue weighted by molar-refractivity contribution is 0.843. The summed E-state index contributed by atoms with van der Waals surface area (Å²) >= 11 is 0. The van der Waals surface area contributed by atoms with Gasteiger partial charge in [-0.2, -0.15) is 0 Å². The molecule has 23 heavy (non-hydrogen) atoms. The molecule has 0 aliphatic heterocycles. The molecule has 1 heterocycles. The van der Waals surface area contributed by atoms with Crippen LogP contribution >= 0.6 is 0 Å². The van der Waals surface area contributed by atoms with Gasteiger partial charge < -0.3 is 9.88 Å². The van der Waals surface area contributed by atoms with E-state index in [1.54, 1.807) is 0 Å². The van der Waals surface area contributed by atoms with E-state index in [2.05, 4.69) is 41.8 Å². The fourth-order valence-corrected chi connectivity index (χ4v) is 2.48. The Morgan fingerprint density at radius 3 is 2.17 bits per heavy atom. The molecule has 2 aromatic carbocycles. The first-order valence-electron chi connectivity index (χ1n) is 7.72. The Balaban J connectivity index is 1.72. The third-order valence-electron chi connectivity index (χ3n) is 4.10. The first-order chi connectivity index (χ1) is 11.1. The Bertz CT molecular complexity index is 812. The van der Waals surface area contributed by atoms with Gasteiger partial charge in [0.05, 0.1) is 5.69 Å². The van der Waals surface area contributed by atoms with Crippen LogP contribution in [0.1, 0.15) is 17.0 Å². The molecule has 3 rings (SSSR count).